The molecule has 4 nitrogen and oxygen atoms in total. The molecule has 0 rings (SSSR count). The Morgan fingerprint density at radius 3 is 0.971 bits per heavy atom. The summed E-state index contributed by atoms with van der Waals surface area (Å²) in [4.78, 5) is 12.5. The molecule has 3 N–H and O–H groups in total. The topological polar surface area (TPSA) is 69.6 Å². The summed E-state index contributed by atoms with van der Waals surface area (Å²) in [6.45, 7) is 4.28. The molecule has 0 fully saturated rings. The van der Waals surface area contributed by atoms with Crippen LogP contribution in [0.1, 0.15) is 322 Å². The van der Waals surface area contributed by atoms with E-state index < -0.39 is 12.1 Å². The van der Waals surface area contributed by atoms with E-state index in [2.05, 4.69) is 79.9 Å². The van der Waals surface area contributed by atoms with Crippen molar-refractivity contribution >= 4 is 5.91 Å². The minimum Gasteiger partial charge on any atom is -0.394 e. The maximum Gasteiger partial charge on any atom is 0.220 e. The molecule has 0 radical (unpaired) electrons. The second-order valence-electron chi connectivity index (χ2n) is 20.7. The van der Waals surface area contributed by atoms with E-state index in [1.807, 2.05) is 0 Å². The van der Waals surface area contributed by atoms with E-state index in [0.29, 0.717) is 12.8 Å². The molecule has 0 aliphatic heterocycles. The van der Waals surface area contributed by atoms with Gasteiger partial charge in [0.2, 0.25) is 5.91 Å². The normalized spacial score (nSPS) is 13.2. The van der Waals surface area contributed by atoms with Crippen molar-refractivity contribution in [1.29, 1.82) is 0 Å². The molecule has 68 heavy (non-hydrogen) atoms. The first-order chi connectivity index (χ1) is 33.7. The first-order valence-electron chi connectivity index (χ1n) is 30.5. The molecule has 0 bridgehead atoms. The summed E-state index contributed by atoms with van der Waals surface area (Å²) in [7, 11) is 0. The third-order valence-electron chi connectivity index (χ3n) is 14.0. The quantitative estimate of drug-likeness (QED) is 0.0420. The van der Waals surface area contributed by atoms with Crippen molar-refractivity contribution in [3.8, 4) is 0 Å². The van der Waals surface area contributed by atoms with Gasteiger partial charge in [0, 0.05) is 6.42 Å². The highest BCUT2D eigenvalue weighted by Crippen LogP contribution is 2.18. The Balaban J connectivity index is 3.44. The van der Waals surface area contributed by atoms with Crippen LogP contribution in [0.4, 0.5) is 0 Å². The van der Waals surface area contributed by atoms with Crippen molar-refractivity contribution < 1.29 is 15.0 Å². The summed E-state index contributed by atoms with van der Waals surface area (Å²) in [6, 6.07) is -0.538. The highest BCUT2D eigenvalue weighted by Gasteiger charge is 2.20. The zero-order valence-corrected chi connectivity index (χ0v) is 45.9. The molecule has 398 valence electrons. The number of carbonyl (C=O) groups excluding carboxylic acids is 1. The van der Waals surface area contributed by atoms with E-state index in [0.717, 1.165) is 57.8 Å². The molecule has 0 aliphatic carbocycles. The van der Waals surface area contributed by atoms with E-state index >= 15 is 0 Å². The number of hydrogen-bond donors (Lipinski definition) is 3. The lowest BCUT2D eigenvalue weighted by atomic mass is 10.0. The highest BCUT2D eigenvalue weighted by atomic mass is 16.3. The lowest BCUT2D eigenvalue weighted by molar-refractivity contribution is -0.123. The van der Waals surface area contributed by atoms with Gasteiger partial charge < -0.3 is 15.5 Å². The fourth-order valence-corrected chi connectivity index (χ4v) is 9.45. The van der Waals surface area contributed by atoms with Gasteiger partial charge in [-0.3, -0.25) is 4.79 Å². The zero-order valence-electron chi connectivity index (χ0n) is 45.9. The largest absolute Gasteiger partial charge is 0.394 e. The van der Waals surface area contributed by atoms with Crippen molar-refractivity contribution in [3.63, 3.8) is 0 Å². The summed E-state index contributed by atoms with van der Waals surface area (Å²) < 4.78 is 0. The predicted molar refractivity (Wildman–Crippen MR) is 304 cm³/mol. The molecular formula is C64H119NO3. The van der Waals surface area contributed by atoms with Crippen LogP contribution in [-0.4, -0.2) is 34.9 Å². The van der Waals surface area contributed by atoms with Crippen LogP contribution in [0.3, 0.4) is 0 Å². The van der Waals surface area contributed by atoms with Gasteiger partial charge in [-0.05, 0) is 57.8 Å². The molecule has 0 spiro atoms. The number of amides is 1. The van der Waals surface area contributed by atoms with Gasteiger partial charge in [-0.1, -0.05) is 319 Å². The number of unbranched alkanes of at least 4 members (excludes halogenated alkanes) is 39. The van der Waals surface area contributed by atoms with Crippen LogP contribution in [-0.2, 0) is 4.79 Å². The van der Waals surface area contributed by atoms with E-state index in [4.69, 9.17) is 0 Å². The number of hydrogen-bond acceptors (Lipinski definition) is 3. The number of aliphatic hydroxyl groups is 2. The molecule has 4 heteroatoms. The van der Waals surface area contributed by atoms with Crippen LogP contribution in [0.5, 0.6) is 0 Å². The third kappa shape index (κ3) is 55.0. The monoisotopic (exact) mass is 950 g/mol. The molecule has 0 saturated carbocycles. The summed E-state index contributed by atoms with van der Waals surface area (Å²) in [5, 5.41) is 23.4. The van der Waals surface area contributed by atoms with Crippen LogP contribution in [0.15, 0.2) is 60.8 Å². The minimum absolute atomic E-state index is 0.0273. The number of aliphatic hydroxyl groups excluding tert-OH is 2. The first kappa shape index (κ1) is 66.1. The fraction of sp³-hybridized carbons (Fsp3) is 0.828. The van der Waals surface area contributed by atoms with Gasteiger partial charge in [-0.2, -0.15) is 0 Å². The number of nitrogens with one attached hydrogen (secondary N) is 1. The second kappa shape index (κ2) is 59.4. The van der Waals surface area contributed by atoms with E-state index in [1.165, 1.54) is 238 Å². The van der Waals surface area contributed by atoms with Crippen molar-refractivity contribution in [1.82, 2.24) is 5.32 Å². The molecule has 2 atom stereocenters. The van der Waals surface area contributed by atoms with Crippen molar-refractivity contribution in [2.75, 3.05) is 6.61 Å². The average molecular weight is 951 g/mol. The highest BCUT2D eigenvalue weighted by molar-refractivity contribution is 5.76. The summed E-state index contributed by atoms with van der Waals surface area (Å²) >= 11 is 0. The van der Waals surface area contributed by atoms with Gasteiger partial charge in [-0.15, -0.1) is 0 Å². The van der Waals surface area contributed by atoms with Gasteiger partial charge in [-0.25, -0.2) is 0 Å². The van der Waals surface area contributed by atoms with Gasteiger partial charge in [0.05, 0.1) is 18.8 Å². The SMILES string of the molecule is CC/C=C\C/C=C\C/C=C\C/C=C\C/C=C\CCCCCCCCCCCCCCCCCCCC(=O)NC(CO)C(O)CCCCCCCCCCCCCCCCCCCCCCCCC. The number of allylic oxidation sites excluding steroid dienone is 10. The molecule has 0 aromatic carbocycles. The lowest BCUT2D eigenvalue weighted by Gasteiger charge is -2.22. The Labute approximate surface area is 426 Å². The van der Waals surface area contributed by atoms with Crippen molar-refractivity contribution in [2.45, 2.75) is 334 Å². The Hall–Kier alpha value is -1.91. The van der Waals surface area contributed by atoms with Crippen LogP contribution in [0.25, 0.3) is 0 Å². The Morgan fingerprint density at radius 2 is 0.647 bits per heavy atom. The minimum atomic E-state index is -0.661. The molecule has 0 aromatic rings. The third-order valence-corrected chi connectivity index (χ3v) is 14.0. The van der Waals surface area contributed by atoms with Crippen LogP contribution in [0, 0.1) is 0 Å². The number of rotatable bonds is 56. The molecule has 1 amide bonds. The van der Waals surface area contributed by atoms with Crippen LogP contribution >= 0.6 is 0 Å². The Morgan fingerprint density at radius 1 is 0.368 bits per heavy atom. The van der Waals surface area contributed by atoms with E-state index in [1.54, 1.807) is 0 Å². The molecule has 0 heterocycles. The lowest BCUT2D eigenvalue weighted by Crippen LogP contribution is -2.45. The first-order valence-corrected chi connectivity index (χ1v) is 30.5. The summed E-state index contributed by atoms with van der Waals surface area (Å²) in [5.41, 5.74) is 0. The standard InChI is InChI=1S/C64H119NO3/c1-3-5-7-9-11-13-15-17-19-21-23-25-27-28-29-30-31-32-33-34-35-36-38-40-42-44-46-48-50-52-54-56-58-60-64(68)65-62(61-66)63(67)59-57-55-53-51-49-47-45-43-41-39-37-26-24-22-20-18-16-14-12-10-8-6-4-2/h5,7,11,13,17,19,23,25,28-29,62-63,66-67H,3-4,6,8-10,12,14-16,18,20-22,24,26-27,30-61H2,1-2H3,(H,65,68)/b7-5-,13-11-,19-17-,25-23-,29-28-. The van der Waals surface area contributed by atoms with Gasteiger partial charge in [0.15, 0.2) is 0 Å². The van der Waals surface area contributed by atoms with Gasteiger partial charge >= 0.3 is 0 Å². The second-order valence-corrected chi connectivity index (χ2v) is 20.7. The Kier molecular flexibility index (Phi) is 57.7. The van der Waals surface area contributed by atoms with Crippen molar-refractivity contribution in [3.05, 3.63) is 60.8 Å². The van der Waals surface area contributed by atoms with Gasteiger partial charge in [0.1, 0.15) is 0 Å². The van der Waals surface area contributed by atoms with E-state index in [9.17, 15) is 15.0 Å². The van der Waals surface area contributed by atoms with Crippen LogP contribution < -0.4 is 5.32 Å². The Bertz CT molecular complexity index is 1120. The van der Waals surface area contributed by atoms with Gasteiger partial charge in [0.25, 0.3) is 0 Å². The smallest absolute Gasteiger partial charge is 0.220 e. The molecule has 0 aromatic heterocycles. The maximum absolute atomic E-state index is 12.5. The molecule has 0 aliphatic rings. The maximum atomic E-state index is 12.5. The zero-order chi connectivity index (χ0) is 49.2. The van der Waals surface area contributed by atoms with E-state index in [-0.39, 0.29) is 12.5 Å². The molecule has 0 saturated heterocycles. The predicted octanol–water partition coefficient (Wildman–Crippen LogP) is 20.4. The molecule has 2 unspecified atom stereocenters. The summed E-state index contributed by atoms with van der Waals surface area (Å²) in [5.74, 6) is -0.0273. The fourth-order valence-electron chi connectivity index (χ4n) is 9.45. The molecular weight excluding hydrogens is 831 g/mol. The van der Waals surface area contributed by atoms with Crippen molar-refractivity contribution in [2.24, 2.45) is 0 Å². The number of carbonyl (C=O) groups is 1. The average Bonchev–Trinajstić information content (AvgIpc) is 3.34. The van der Waals surface area contributed by atoms with Crippen LogP contribution in [0.2, 0.25) is 0 Å². The summed E-state index contributed by atoms with van der Waals surface area (Å²) in [6.07, 6.45) is 83.7.